The highest BCUT2D eigenvalue weighted by Crippen LogP contribution is 2.30. The van der Waals surface area contributed by atoms with Gasteiger partial charge in [-0.3, -0.25) is 0 Å². The molecule has 4 nitrogen and oxygen atoms in total. The van der Waals surface area contributed by atoms with Crippen LogP contribution in [0, 0.1) is 5.82 Å². The number of nitrogens with one attached hydrogen (secondary N) is 1. The van der Waals surface area contributed by atoms with E-state index in [4.69, 9.17) is 4.74 Å². The van der Waals surface area contributed by atoms with Crippen LogP contribution < -0.4 is 10.1 Å². The lowest BCUT2D eigenvalue weighted by Gasteiger charge is -2.14. The molecule has 0 saturated heterocycles. The maximum Gasteiger partial charge on any atom is 0.143 e. The number of anilines is 1. The van der Waals surface area contributed by atoms with E-state index in [9.17, 15) is 9.18 Å². The third kappa shape index (κ3) is 9.54. The van der Waals surface area contributed by atoms with Crippen LogP contribution in [0.5, 0.6) is 5.75 Å². The van der Waals surface area contributed by atoms with Crippen LogP contribution in [0.1, 0.15) is 18.4 Å². The Labute approximate surface area is 169 Å². The van der Waals surface area contributed by atoms with E-state index in [0.717, 1.165) is 25.7 Å². The molecule has 148 valence electrons. The van der Waals surface area contributed by atoms with Crippen molar-refractivity contribution in [1.29, 1.82) is 0 Å². The van der Waals surface area contributed by atoms with Gasteiger partial charge in [-0.25, -0.2) is 4.39 Å². The van der Waals surface area contributed by atoms with Crippen LogP contribution in [0.2, 0.25) is 0 Å². The summed E-state index contributed by atoms with van der Waals surface area (Å²) < 4.78 is 19.2. The number of aldehydes is 1. The van der Waals surface area contributed by atoms with Crippen molar-refractivity contribution in [2.45, 2.75) is 19.3 Å². The predicted octanol–water partition coefficient (Wildman–Crippen LogP) is 4.78. The second kappa shape index (κ2) is 13.3. The minimum absolute atomic E-state index is 0.302. The van der Waals surface area contributed by atoms with Gasteiger partial charge in [-0.15, -0.1) is 0 Å². The zero-order chi connectivity index (χ0) is 20.1. The van der Waals surface area contributed by atoms with Crippen LogP contribution in [0.3, 0.4) is 0 Å². The number of unbranched alkanes of at least 4 members (excludes halogenated alkanes) is 1. The number of benzene rings is 2. The van der Waals surface area contributed by atoms with Gasteiger partial charge in [-0.05, 0) is 54.5 Å². The maximum atomic E-state index is 13.2. The van der Waals surface area contributed by atoms with Crippen LogP contribution in [-0.2, 0) is 11.2 Å². The third-order valence-corrected chi connectivity index (χ3v) is 4.33. The lowest BCUT2D eigenvalue weighted by atomic mass is 10.1. The van der Waals surface area contributed by atoms with Gasteiger partial charge in [-0.2, -0.15) is 0 Å². The molecule has 1 N–H and O–H groups in total. The van der Waals surface area contributed by atoms with Crippen LogP contribution in [0.25, 0.3) is 0 Å². The minimum atomic E-state index is -0.302. The van der Waals surface area contributed by atoms with Crippen molar-refractivity contribution in [1.82, 2.24) is 4.90 Å². The van der Waals surface area contributed by atoms with Gasteiger partial charge in [0.05, 0.1) is 10.2 Å². The summed E-state index contributed by atoms with van der Waals surface area (Å²) in [6.45, 7) is 1.39. The molecule has 0 unspecified atom stereocenters. The largest absolute Gasteiger partial charge is 0.490 e. The highest BCUT2D eigenvalue weighted by molar-refractivity contribution is 9.10. The quantitative estimate of drug-likeness (QED) is 0.451. The second-order valence-electron chi connectivity index (χ2n) is 6.21. The molecule has 0 aromatic heterocycles. The highest BCUT2D eigenvalue weighted by atomic mass is 79.9. The molecule has 0 amide bonds. The van der Waals surface area contributed by atoms with Gasteiger partial charge in [0.25, 0.3) is 0 Å². The summed E-state index contributed by atoms with van der Waals surface area (Å²) in [7, 11) is 5.69. The SMILES string of the molecule is CNc1cc(F)c(Br)cc1OCCN(C)C.O=CCCCc1ccccc1. The number of aryl methyl sites for hydroxylation is 1. The summed E-state index contributed by atoms with van der Waals surface area (Å²) in [5.41, 5.74) is 1.97. The van der Waals surface area contributed by atoms with E-state index in [0.29, 0.717) is 28.9 Å². The number of carbonyl (C=O) groups excluding carboxylic acids is 1. The summed E-state index contributed by atoms with van der Waals surface area (Å²) in [4.78, 5) is 12.0. The Morgan fingerprint density at radius 1 is 1.22 bits per heavy atom. The molecule has 0 radical (unpaired) electrons. The van der Waals surface area contributed by atoms with Gasteiger partial charge in [-0.1, -0.05) is 30.3 Å². The first-order valence-corrected chi connectivity index (χ1v) is 9.69. The number of ether oxygens (including phenoxy) is 1. The van der Waals surface area contributed by atoms with E-state index in [1.807, 2.05) is 37.2 Å². The van der Waals surface area contributed by atoms with E-state index in [1.54, 1.807) is 13.1 Å². The molecule has 27 heavy (non-hydrogen) atoms. The van der Waals surface area contributed by atoms with Crippen molar-refractivity contribution in [3.05, 3.63) is 58.3 Å². The Morgan fingerprint density at radius 2 is 1.93 bits per heavy atom. The topological polar surface area (TPSA) is 41.6 Å². The molecule has 0 aliphatic carbocycles. The molecular formula is C21H28BrFN2O2. The fraction of sp³-hybridized carbons (Fsp3) is 0.381. The number of carbonyl (C=O) groups is 1. The highest BCUT2D eigenvalue weighted by Gasteiger charge is 2.08. The van der Waals surface area contributed by atoms with Gasteiger partial charge in [0, 0.05) is 26.1 Å². The van der Waals surface area contributed by atoms with E-state index < -0.39 is 0 Å². The standard InChI is InChI=1S/C11H16BrFN2O.C10H12O/c1-14-10-7-9(13)8(12)6-11(10)16-5-4-15(2)3;11-9-5-4-8-10-6-2-1-3-7-10/h6-7,14H,4-5H2,1-3H3;1-3,6-7,9H,4-5,8H2. The first-order chi connectivity index (χ1) is 13.0. The molecule has 6 heteroatoms. The Kier molecular flexibility index (Phi) is 11.4. The number of rotatable bonds is 9. The van der Waals surface area contributed by atoms with E-state index >= 15 is 0 Å². The summed E-state index contributed by atoms with van der Waals surface area (Å²) in [5.74, 6) is 0.349. The normalized spacial score (nSPS) is 10.1. The first-order valence-electron chi connectivity index (χ1n) is 8.89. The Morgan fingerprint density at radius 3 is 2.52 bits per heavy atom. The average Bonchev–Trinajstić information content (AvgIpc) is 2.66. The van der Waals surface area contributed by atoms with Gasteiger partial charge in [0.1, 0.15) is 24.5 Å². The van der Waals surface area contributed by atoms with Crippen molar-refractivity contribution in [2.24, 2.45) is 0 Å². The zero-order valence-corrected chi connectivity index (χ0v) is 17.8. The predicted molar refractivity (Wildman–Crippen MR) is 113 cm³/mol. The van der Waals surface area contributed by atoms with E-state index in [-0.39, 0.29) is 5.82 Å². The van der Waals surface area contributed by atoms with Gasteiger partial charge in [0.2, 0.25) is 0 Å². The van der Waals surface area contributed by atoms with Crippen molar-refractivity contribution in [3.63, 3.8) is 0 Å². The van der Waals surface area contributed by atoms with Gasteiger partial charge in [0.15, 0.2) is 0 Å². The Balaban J connectivity index is 0.000000289. The molecule has 2 aromatic rings. The van der Waals surface area contributed by atoms with Crippen molar-refractivity contribution < 1.29 is 13.9 Å². The fourth-order valence-corrected chi connectivity index (χ4v) is 2.54. The molecular weight excluding hydrogens is 411 g/mol. The lowest BCUT2D eigenvalue weighted by molar-refractivity contribution is -0.107. The molecule has 2 rings (SSSR count). The van der Waals surface area contributed by atoms with Crippen LogP contribution in [0.15, 0.2) is 46.9 Å². The van der Waals surface area contributed by atoms with Gasteiger partial charge >= 0.3 is 0 Å². The summed E-state index contributed by atoms with van der Waals surface area (Å²) in [5, 5.41) is 2.90. The van der Waals surface area contributed by atoms with Crippen molar-refractivity contribution in [3.8, 4) is 5.75 Å². The number of likely N-dealkylation sites (N-methyl/N-ethyl adjacent to an activating group) is 1. The number of halogens is 2. The van der Waals surface area contributed by atoms with E-state index in [1.165, 1.54) is 11.6 Å². The number of hydrogen-bond donors (Lipinski definition) is 1. The zero-order valence-electron chi connectivity index (χ0n) is 16.2. The molecule has 0 aliphatic rings. The molecule has 0 atom stereocenters. The van der Waals surface area contributed by atoms with Crippen LogP contribution in [0.4, 0.5) is 10.1 Å². The number of nitrogens with zero attached hydrogens (tertiary/aromatic N) is 1. The van der Waals surface area contributed by atoms with Crippen LogP contribution in [-0.4, -0.2) is 45.5 Å². The molecule has 0 bridgehead atoms. The Hall–Kier alpha value is -1.92. The summed E-state index contributed by atoms with van der Waals surface area (Å²) >= 11 is 3.14. The van der Waals surface area contributed by atoms with Gasteiger partial charge < -0.3 is 19.7 Å². The monoisotopic (exact) mass is 438 g/mol. The lowest BCUT2D eigenvalue weighted by Crippen LogP contribution is -2.19. The molecule has 0 fully saturated rings. The molecule has 0 spiro atoms. The first kappa shape index (κ1) is 23.1. The maximum absolute atomic E-state index is 13.2. The van der Waals surface area contributed by atoms with Crippen molar-refractivity contribution in [2.75, 3.05) is 39.6 Å². The summed E-state index contributed by atoms with van der Waals surface area (Å²) in [6, 6.07) is 13.3. The molecule has 0 saturated carbocycles. The summed E-state index contributed by atoms with van der Waals surface area (Å²) in [6.07, 6.45) is 3.63. The van der Waals surface area contributed by atoms with E-state index in [2.05, 4.69) is 33.4 Å². The molecule has 0 aliphatic heterocycles. The molecule has 0 heterocycles. The molecule has 2 aromatic carbocycles. The fourth-order valence-electron chi connectivity index (χ4n) is 2.22. The average molecular weight is 439 g/mol. The smallest absolute Gasteiger partial charge is 0.143 e. The van der Waals surface area contributed by atoms with Crippen LogP contribution >= 0.6 is 15.9 Å². The minimum Gasteiger partial charge on any atom is -0.490 e. The number of hydrogen-bond acceptors (Lipinski definition) is 4. The Bertz CT molecular complexity index is 681. The van der Waals surface area contributed by atoms with Crippen molar-refractivity contribution >= 4 is 27.9 Å². The second-order valence-corrected chi connectivity index (χ2v) is 7.06. The third-order valence-electron chi connectivity index (χ3n) is 3.72.